The van der Waals surface area contributed by atoms with Gasteiger partial charge in [-0.25, -0.2) is 13.1 Å². The van der Waals surface area contributed by atoms with Gasteiger partial charge in [-0.15, -0.1) is 0 Å². The Morgan fingerprint density at radius 1 is 1.28 bits per heavy atom. The van der Waals surface area contributed by atoms with E-state index in [1.165, 1.54) is 19.3 Å². The Labute approximate surface area is 109 Å². The van der Waals surface area contributed by atoms with Crippen LogP contribution in [0.25, 0.3) is 0 Å². The number of nitrogen functional groups attached to an aromatic ring is 1. The van der Waals surface area contributed by atoms with Gasteiger partial charge in [-0.1, -0.05) is 37.5 Å². The monoisotopic (exact) mass is 268 g/mol. The maximum atomic E-state index is 11.9. The van der Waals surface area contributed by atoms with Gasteiger partial charge in [-0.05, 0) is 24.0 Å². The molecule has 1 fully saturated rings. The lowest BCUT2D eigenvalue weighted by atomic mass is 9.83. The van der Waals surface area contributed by atoms with Crippen LogP contribution in [0.3, 0.4) is 0 Å². The Bertz CT molecular complexity index is 495. The number of anilines is 1. The van der Waals surface area contributed by atoms with E-state index < -0.39 is 10.0 Å². The fourth-order valence-corrected chi connectivity index (χ4v) is 3.32. The second-order valence-corrected chi connectivity index (χ2v) is 6.74. The summed E-state index contributed by atoms with van der Waals surface area (Å²) in [7, 11) is -3.27. The highest BCUT2D eigenvalue weighted by Crippen LogP contribution is 2.28. The van der Waals surface area contributed by atoms with Crippen LogP contribution >= 0.6 is 0 Å². The molecule has 18 heavy (non-hydrogen) atoms. The number of benzene rings is 1. The van der Waals surface area contributed by atoms with Crippen LogP contribution < -0.4 is 10.5 Å². The normalized spacial score (nSPS) is 16.4. The van der Waals surface area contributed by atoms with Gasteiger partial charge < -0.3 is 5.73 Å². The van der Waals surface area contributed by atoms with E-state index in [1.54, 1.807) is 24.3 Å². The molecule has 2 rings (SSSR count). The molecule has 0 aliphatic heterocycles. The quantitative estimate of drug-likeness (QED) is 0.774. The summed E-state index contributed by atoms with van der Waals surface area (Å²) in [5, 5.41) is 0. The van der Waals surface area contributed by atoms with E-state index in [0.717, 1.165) is 12.3 Å². The first kappa shape index (κ1) is 13.4. The summed E-state index contributed by atoms with van der Waals surface area (Å²) in [5.74, 6) is 0.680. The fraction of sp³-hybridized carbons (Fsp3) is 0.538. The molecule has 100 valence electrons. The second-order valence-electron chi connectivity index (χ2n) is 4.94. The molecule has 1 aromatic carbocycles. The minimum absolute atomic E-state index is 0.0374. The topological polar surface area (TPSA) is 72.2 Å². The Hall–Kier alpha value is -1.07. The van der Waals surface area contributed by atoms with E-state index in [4.69, 9.17) is 5.73 Å². The molecule has 1 aliphatic carbocycles. The third-order valence-corrected chi connectivity index (χ3v) is 4.83. The summed E-state index contributed by atoms with van der Waals surface area (Å²) < 4.78 is 26.4. The summed E-state index contributed by atoms with van der Waals surface area (Å²) in [5.41, 5.74) is 6.93. The average molecular weight is 268 g/mol. The molecule has 0 heterocycles. The van der Waals surface area contributed by atoms with Crippen molar-refractivity contribution in [3.05, 3.63) is 29.8 Å². The zero-order valence-electron chi connectivity index (χ0n) is 10.4. The van der Waals surface area contributed by atoms with Crippen molar-refractivity contribution in [2.75, 3.05) is 12.3 Å². The number of para-hydroxylation sites is 1. The summed E-state index contributed by atoms with van der Waals surface area (Å²) in [4.78, 5) is 0. The van der Waals surface area contributed by atoms with Crippen LogP contribution in [-0.2, 0) is 15.8 Å². The van der Waals surface area contributed by atoms with Gasteiger partial charge in [0.15, 0.2) is 0 Å². The molecule has 0 spiro atoms. The number of nitrogens with two attached hydrogens (primary N) is 1. The van der Waals surface area contributed by atoms with Gasteiger partial charge in [-0.2, -0.15) is 0 Å². The maximum absolute atomic E-state index is 11.9. The molecule has 5 heteroatoms. The SMILES string of the molecule is Nc1ccccc1CS(=O)(=O)NCCC1CCC1. The van der Waals surface area contributed by atoms with Crippen molar-refractivity contribution in [3.8, 4) is 0 Å². The molecule has 1 saturated carbocycles. The smallest absolute Gasteiger partial charge is 0.215 e. The van der Waals surface area contributed by atoms with Crippen molar-refractivity contribution in [1.82, 2.24) is 4.72 Å². The Kier molecular flexibility index (Phi) is 4.24. The van der Waals surface area contributed by atoms with Gasteiger partial charge in [0.1, 0.15) is 0 Å². The van der Waals surface area contributed by atoms with Gasteiger partial charge in [0.05, 0.1) is 5.75 Å². The predicted molar refractivity (Wildman–Crippen MR) is 73.4 cm³/mol. The summed E-state index contributed by atoms with van der Waals surface area (Å²) in [6.45, 7) is 0.541. The van der Waals surface area contributed by atoms with E-state index in [9.17, 15) is 8.42 Å². The molecule has 1 aromatic rings. The number of hydrogen-bond donors (Lipinski definition) is 2. The molecule has 0 amide bonds. The molecular weight excluding hydrogens is 248 g/mol. The van der Waals surface area contributed by atoms with Crippen LogP contribution in [0, 0.1) is 5.92 Å². The van der Waals surface area contributed by atoms with Crippen LogP contribution in [0.4, 0.5) is 5.69 Å². The van der Waals surface area contributed by atoms with Crippen LogP contribution in [0.5, 0.6) is 0 Å². The first-order valence-electron chi connectivity index (χ1n) is 6.37. The lowest BCUT2D eigenvalue weighted by molar-refractivity contribution is 0.297. The van der Waals surface area contributed by atoms with Crippen molar-refractivity contribution >= 4 is 15.7 Å². The second kappa shape index (κ2) is 5.71. The van der Waals surface area contributed by atoms with E-state index in [0.29, 0.717) is 17.8 Å². The molecule has 0 saturated heterocycles. The molecule has 0 bridgehead atoms. The van der Waals surface area contributed by atoms with Crippen molar-refractivity contribution in [2.45, 2.75) is 31.4 Å². The Morgan fingerprint density at radius 2 is 2.00 bits per heavy atom. The molecule has 4 nitrogen and oxygen atoms in total. The van der Waals surface area contributed by atoms with Crippen molar-refractivity contribution < 1.29 is 8.42 Å². The number of nitrogens with one attached hydrogen (secondary N) is 1. The molecule has 0 unspecified atom stereocenters. The number of sulfonamides is 1. The minimum Gasteiger partial charge on any atom is -0.398 e. The van der Waals surface area contributed by atoms with Gasteiger partial charge in [-0.3, -0.25) is 0 Å². The lowest BCUT2D eigenvalue weighted by Gasteiger charge is -2.25. The first-order chi connectivity index (χ1) is 8.57. The Balaban J connectivity index is 1.84. The molecular formula is C13H20N2O2S. The van der Waals surface area contributed by atoms with Crippen LogP contribution in [0.15, 0.2) is 24.3 Å². The average Bonchev–Trinajstić information content (AvgIpc) is 2.25. The van der Waals surface area contributed by atoms with E-state index in [2.05, 4.69) is 4.72 Å². The highest BCUT2D eigenvalue weighted by molar-refractivity contribution is 7.88. The Morgan fingerprint density at radius 3 is 2.61 bits per heavy atom. The molecule has 0 atom stereocenters. The molecule has 3 N–H and O–H groups in total. The van der Waals surface area contributed by atoms with Gasteiger partial charge >= 0.3 is 0 Å². The largest absolute Gasteiger partial charge is 0.398 e. The van der Waals surface area contributed by atoms with Crippen molar-refractivity contribution in [3.63, 3.8) is 0 Å². The van der Waals surface area contributed by atoms with Crippen molar-refractivity contribution in [1.29, 1.82) is 0 Å². The maximum Gasteiger partial charge on any atom is 0.215 e. The standard InChI is InChI=1S/C13H20N2O2S/c14-13-7-2-1-6-12(13)10-18(16,17)15-9-8-11-4-3-5-11/h1-2,6-7,11,15H,3-5,8-10,14H2. The summed E-state index contributed by atoms with van der Waals surface area (Å²) in [6, 6.07) is 7.07. The first-order valence-corrected chi connectivity index (χ1v) is 8.03. The molecule has 0 aromatic heterocycles. The highest BCUT2D eigenvalue weighted by atomic mass is 32.2. The third-order valence-electron chi connectivity index (χ3n) is 3.50. The van der Waals surface area contributed by atoms with Crippen LogP contribution in [-0.4, -0.2) is 15.0 Å². The zero-order chi connectivity index (χ0) is 13.0. The van der Waals surface area contributed by atoms with Crippen LogP contribution in [0.1, 0.15) is 31.2 Å². The lowest BCUT2D eigenvalue weighted by Crippen LogP contribution is -2.28. The summed E-state index contributed by atoms with van der Waals surface area (Å²) in [6.07, 6.45) is 4.72. The van der Waals surface area contributed by atoms with Gasteiger partial charge in [0.25, 0.3) is 0 Å². The van der Waals surface area contributed by atoms with E-state index in [1.807, 2.05) is 0 Å². The predicted octanol–water partition coefficient (Wildman–Crippen LogP) is 1.88. The highest BCUT2D eigenvalue weighted by Gasteiger charge is 2.18. The third kappa shape index (κ3) is 3.71. The van der Waals surface area contributed by atoms with E-state index in [-0.39, 0.29) is 5.75 Å². The fourth-order valence-electron chi connectivity index (χ4n) is 2.12. The van der Waals surface area contributed by atoms with Gasteiger partial charge in [0, 0.05) is 12.2 Å². The van der Waals surface area contributed by atoms with E-state index >= 15 is 0 Å². The zero-order valence-corrected chi connectivity index (χ0v) is 11.2. The minimum atomic E-state index is -3.27. The van der Waals surface area contributed by atoms with Gasteiger partial charge in [0.2, 0.25) is 10.0 Å². The molecule has 1 aliphatic rings. The van der Waals surface area contributed by atoms with Crippen molar-refractivity contribution in [2.24, 2.45) is 5.92 Å². The van der Waals surface area contributed by atoms with Crippen LogP contribution in [0.2, 0.25) is 0 Å². The molecule has 0 radical (unpaired) electrons. The summed E-state index contributed by atoms with van der Waals surface area (Å²) >= 11 is 0. The number of rotatable bonds is 6. The number of hydrogen-bond acceptors (Lipinski definition) is 3.